The number of nitro benzene ring substituents is 1. The Kier molecular flexibility index (Phi) is 2.92. The van der Waals surface area contributed by atoms with Gasteiger partial charge in [0.25, 0.3) is 0 Å². The second kappa shape index (κ2) is 4.40. The van der Waals surface area contributed by atoms with Gasteiger partial charge in [0.1, 0.15) is 11.5 Å². The topological polar surface area (TPSA) is 73.0 Å². The van der Waals surface area contributed by atoms with Crippen molar-refractivity contribution in [2.24, 2.45) is 7.05 Å². The smallest absolute Gasteiger partial charge is 0.328 e. The van der Waals surface area contributed by atoms with Gasteiger partial charge in [0.15, 0.2) is 5.82 Å². The Hall–Kier alpha value is -2.51. The first-order chi connectivity index (χ1) is 8.47. The normalized spacial score (nSPS) is 10.4. The van der Waals surface area contributed by atoms with Gasteiger partial charge in [0.2, 0.25) is 5.82 Å². The van der Waals surface area contributed by atoms with Crippen molar-refractivity contribution < 1.29 is 13.7 Å². The van der Waals surface area contributed by atoms with Crippen LogP contribution < -0.4 is 5.32 Å². The summed E-state index contributed by atoms with van der Waals surface area (Å²) in [6.45, 7) is 0. The predicted molar refractivity (Wildman–Crippen MR) is 59.5 cm³/mol. The highest BCUT2D eigenvalue weighted by Crippen LogP contribution is 2.30. The zero-order chi connectivity index (χ0) is 13.3. The number of anilines is 2. The Balaban J connectivity index is 2.45. The lowest BCUT2D eigenvalue weighted by atomic mass is 10.2. The number of halogens is 2. The molecule has 0 saturated heterocycles. The van der Waals surface area contributed by atoms with Crippen LogP contribution in [-0.2, 0) is 7.05 Å². The van der Waals surface area contributed by atoms with E-state index in [0.717, 1.165) is 6.07 Å². The molecular weight excluding hydrogens is 246 g/mol. The standard InChI is InChI=1S/C10H8F2N4O2/c1-15-3-2-9(14-15)13-8-5-6(11)4-7(12)10(8)16(17)18/h2-5H,1H3,(H,13,14). The van der Waals surface area contributed by atoms with Crippen molar-refractivity contribution in [2.45, 2.75) is 0 Å². The summed E-state index contributed by atoms with van der Waals surface area (Å²) >= 11 is 0. The Morgan fingerprint density at radius 2 is 2.17 bits per heavy atom. The molecular formula is C10H8F2N4O2. The van der Waals surface area contributed by atoms with Crippen molar-refractivity contribution in [2.75, 3.05) is 5.32 Å². The third-order valence-corrected chi connectivity index (χ3v) is 2.19. The fraction of sp³-hybridized carbons (Fsp3) is 0.100. The van der Waals surface area contributed by atoms with Gasteiger partial charge in [-0.1, -0.05) is 0 Å². The summed E-state index contributed by atoms with van der Waals surface area (Å²) in [7, 11) is 1.64. The van der Waals surface area contributed by atoms with Gasteiger partial charge in [-0.3, -0.25) is 14.8 Å². The highest BCUT2D eigenvalue weighted by Gasteiger charge is 2.22. The number of benzene rings is 1. The molecule has 0 unspecified atom stereocenters. The molecule has 0 spiro atoms. The van der Waals surface area contributed by atoms with Crippen LogP contribution in [0.1, 0.15) is 0 Å². The van der Waals surface area contributed by atoms with Crippen molar-refractivity contribution in [3.05, 3.63) is 46.1 Å². The van der Waals surface area contributed by atoms with Crippen LogP contribution in [0, 0.1) is 21.7 Å². The van der Waals surface area contributed by atoms with Crippen LogP contribution in [-0.4, -0.2) is 14.7 Å². The number of aryl methyl sites for hydroxylation is 1. The zero-order valence-electron chi connectivity index (χ0n) is 9.22. The Morgan fingerprint density at radius 3 is 2.72 bits per heavy atom. The molecule has 1 aromatic heterocycles. The zero-order valence-corrected chi connectivity index (χ0v) is 9.22. The number of hydrogen-bond acceptors (Lipinski definition) is 4. The van der Waals surface area contributed by atoms with Gasteiger partial charge < -0.3 is 5.32 Å². The van der Waals surface area contributed by atoms with E-state index in [1.807, 2.05) is 0 Å². The summed E-state index contributed by atoms with van der Waals surface area (Å²) in [6, 6.07) is 2.82. The highest BCUT2D eigenvalue weighted by molar-refractivity contribution is 5.68. The first kappa shape index (κ1) is 12.0. The summed E-state index contributed by atoms with van der Waals surface area (Å²) in [5.41, 5.74) is -1.10. The lowest BCUT2D eigenvalue weighted by Gasteiger charge is -2.05. The molecule has 94 valence electrons. The van der Waals surface area contributed by atoms with Gasteiger partial charge in [0.05, 0.1) is 4.92 Å². The number of rotatable bonds is 3. The molecule has 0 aliphatic rings. The quantitative estimate of drug-likeness (QED) is 0.674. The minimum absolute atomic E-state index is 0.255. The van der Waals surface area contributed by atoms with E-state index in [0.29, 0.717) is 6.07 Å². The molecule has 1 aromatic carbocycles. The Bertz CT molecular complexity index is 612. The lowest BCUT2D eigenvalue weighted by Crippen LogP contribution is -2.01. The maximum atomic E-state index is 13.3. The third-order valence-electron chi connectivity index (χ3n) is 2.19. The Morgan fingerprint density at radius 1 is 1.44 bits per heavy atom. The van der Waals surface area contributed by atoms with E-state index >= 15 is 0 Å². The van der Waals surface area contributed by atoms with E-state index in [1.165, 1.54) is 10.7 Å². The number of hydrogen-bond donors (Lipinski definition) is 1. The third kappa shape index (κ3) is 2.26. The van der Waals surface area contributed by atoms with E-state index in [-0.39, 0.29) is 11.5 Å². The van der Waals surface area contributed by atoms with E-state index in [9.17, 15) is 18.9 Å². The molecule has 18 heavy (non-hydrogen) atoms. The second-order valence-electron chi connectivity index (χ2n) is 3.54. The average molecular weight is 254 g/mol. The van der Waals surface area contributed by atoms with Crippen molar-refractivity contribution in [1.29, 1.82) is 0 Å². The first-order valence-corrected chi connectivity index (χ1v) is 4.87. The van der Waals surface area contributed by atoms with Gasteiger partial charge in [0, 0.05) is 31.4 Å². The second-order valence-corrected chi connectivity index (χ2v) is 3.54. The fourth-order valence-corrected chi connectivity index (χ4v) is 1.47. The number of nitro groups is 1. The molecule has 0 fully saturated rings. The molecule has 8 heteroatoms. The number of nitrogens with one attached hydrogen (secondary N) is 1. The molecule has 1 heterocycles. The van der Waals surface area contributed by atoms with Gasteiger partial charge in [-0.2, -0.15) is 9.49 Å². The number of nitrogens with zero attached hydrogens (tertiary/aromatic N) is 3. The average Bonchev–Trinajstić information content (AvgIpc) is 2.62. The molecule has 0 atom stereocenters. The van der Waals surface area contributed by atoms with Gasteiger partial charge in [-0.15, -0.1) is 0 Å². The van der Waals surface area contributed by atoms with Crippen LogP contribution in [0.2, 0.25) is 0 Å². The molecule has 0 bridgehead atoms. The van der Waals surface area contributed by atoms with E-state index in [4.69, 9.17) is 0 Å². The maximum absolute atomic E-state index is 13.3. The van der Waals surface area contributed by atoms with Crippen LogP contribution in [0.5, 0.6) is 0 Å². The molecule has 0 saturated carbocycles. The molecule has 6 nitrogen and oxygen atoms in total. The van der Waals surface area contributed by atoms with Crippen LogP contribution in [0.15, 0.2) is 24.4 Å². The van der Waals surface area contributed by atoms with Crippen LogP contribution in [0.3, 0.4) is 0 Å². The monoisotopic (exact) mass is 254 g/mol. The van der Waals surface area contributed by atoms with Crippen molar-refractivity contribution in [3.63, 3.8) is 0 Å². The van der Waals surface area contributed by atoms with Gasteiger partial charge >= 0.3 is 5.69 Å². The van der Waals surface area contributed by atoms with Crippen molar-refractivity contribution in [1.82, 2.24) is 9.78 Å². The molecule has 0 amide bonds. The first-order valence-electron chi connectivity index (χ1n) is 4.87. The number of aromatic nitrogens is 2. The van der Waals surface area contributed by atoms with Crippen molar-refractivity contribution in [3.8, 4) is 0 Å². The van der Waals surface area contributed by atoms with E-state index in [2.05, 4.69) is 10.4 Å². The summed E-state index contributed by atoms with van der Waals surface area (Å²) in [6.07, 6.45) is 1.59. The lowest BCUT2D eigenvalue weighted by molar-refractivity contribution is -0.386. The summed E-state index contributed by atoms with van der Waals surface area (Å²) in [5.74, 6) is -1.89. The molecule has 0 aliphatic carbocycles. The summed E-state index contributed by atoms with van der Waals surface area (Å²) in [5, 5.41) is 17.1. The SMILES string of the molecule is Cn1ccc(Nc2cc(F)cc(F)c2[N+](=O)[O-])n1. The predicted octanol–water partition coefficient (Wildman–Crippen LogP) is 2.35. The molecule has 2 rings (SSSR count). The molecule has 1 N–H and O–H groups in total. The molecule has 0 radical (unpaired) electrons. The molecule has 2 aromatic rings. The van der Waals surface area contributed by atoms with E-state index < -0.39 is 22.2 Å². The largest absolute Gasteiger partial charge is 0.333 e. The van der Waals surface area contributed by atoms with Crippen LogP contribution >= 0.6 is 0 Å². The van der Waals surface area contributed by atoms with Crippen LogP contribution in [0.25, 0.3) is 0 Å². The fourth-order valence-electron chi connectivity index (χ4n) is 1.47. The molecule has 0 aliphatic heterocycles. The van der Waals surface area contributed by atoms with Gasteiger partial charge in [-0.25, -0.2) is 4.39 Å². The minimum Gasteiger partial charge on any atom is -0.333 e. The highest BCUT2D eigenvalue weighted by atomic mass is 19.1. The van der Waals surface area contributed by atoms with E-state index in [1.54, 1.807) is 13.2 Å². The van der Waals surface area contributed by atoms with Crippen molar-refractivity contribution >= 4 is 17.2 Å². The van der Waals surface area contributed by atoms with Crippen LogP contribution in [0.4, 0.5) is 26.0 Å². The minimum atomic E-state index is -1.24. The van der Waals surface area contributed by atoms with Gasteiger partial charge in [-0.05, 0) is 0 Å². The summed E-state index contributed by atoms with van der Waals surface area (Å²) < 4.78 is 27.8. The summed E-state index contributed by atoms with van der Waals surface area (Å²) in [4.78, 5) is 9.81. The maximum Gasteiger partial charge on any atom is 0.328 e. The Labute approximate surface area is 100.0 Å².